The van der Waals surface area contributed by atoms with Crippen LogP contribution in [0.25, 0.3) is 0 Å². The van der Waals surface area contributed by atoms with Crippen molar-refractivity contribution in [2.75, 3.05) is 26.2 Å². The molecule has 0 aromatic rings. The lowest BCUT2D eigenvalue weighted by atomic mass is 10.0. The number of hydrogen-bond donors (Lipinski definition) is 2. The first-order valence-electron chi connectivity index (χ1n) is 11.4. The van der Waals surface area contributed by atoms with E-state index in [1.807, 2.05) is 6.08 Å². The van der Waals surface area contributed by atoms with Crippen LogP contribution >= 0.6 is 0 Å². The number of allylic oxidation sites excluding steroid dienone is 1. The Morgan fingerprint density at radius 2 is 1.37 bits per heavy atom. The van der Waals surface area contributed by atoms with Crippen LogP contribution in [0, 0.1) is 5.92 Å². The third kappa shape index (κ3) is 12.9. The normalized spacial score (nSPS) is 13.7. The Hall–Kier alpha value is -1.03. The van der Waals surface area contributed by atoms with E-state index in [-0.39, 0.29) is 5.92 Å². The average molecular weight is 385 g/mol. The lowest BCUT2D eigenvalue weighted by Gasteiger charge is -2.39. The van der Waals surface area contributed by atoms with Gasteiger partial charge in [0.2, 0.25) is 0 Å². The fraction of sp³-hybridized carbons (Fsp3) is 0.870. The van der Waals surface area contributed by atoms with Crippen LogP contribution in [0.2, 0.25) is 0 Å². The van der Waals surface area contributed by atoms with E-state index in [2.05, 4.69) is 20.8 Å². The molecule has 2 N–H and O–H groups in total. The Balaban J connectivity index is 5.16. The maximum Gasteiger partial charge on any atom is 0.306 e. The van der Waals surface area contributed by atoms with Gasteiger partial charge in [-0.2, -0.15) is 0 Å². The molecule has 4 heteroatoms. The number of aliphatic hydroxyl groups excluding tert-OH is 1. The molecule has 0 aliphatic heterocycles. The third-order valence-electron chi connectivity index (χ3n) is 5.62. The van der Waals surface area contributed by atoms with Gasteiger partial charge in [0.15, 0.2) is 0 Å². The zero-order chi connectivity index (χ0) is 20.5. The van der Waals surface area contributed by atoms with Crippen LogP contribution in [-0.4, -0.2) is 46.8 Å². The monoisotopic (exact) mass is 384 g/mol. The number of aliphatic hydroxyl groups is 1. The molecule has 0 spiro atoms. The van der Waals surface area contributed by atoms with Gasteiger partial charge in [-0.15, -0.1) is 0 Å². The number of unbranched alkanes of at least 4 members (excludes halogenated alkanes) is 7. The van der Waals surface area contributed by atoms with Crippen molar-refractivity contribution in [2.24, 2.45) is 5.92 Å². The van der Waals surface area contributed by atoms with Crippen molar-refractivity contribution in [2.45, 2.75) is 98.3 Å². The van der Waals surface area contributed by atoms with Gasteiger partial charge in [-0.25, -0.2) is 0 Å². The fourth-order valence-corrected chi connectivity index (χ4v) is 3.63. The molecule has 0 saturated carbocycles. The molecule has 0 amide bonds. The molecule has 4 nitrogen and oxygen atoms in total. The van der Waals surface area contributed by atoms with Gasteiger partial charge < -0.3 is 14.7 Å². The van der Waals surface area contributed by atoms with Crippen LogP contribution in [0.1, 0.15) is 98.3 Å². The van der Waals surface area contributed by atoms with E-state index in [4.69, 9.17) is 0 Å². The van der Waals surface area contributed by atoms with Crippen LogP contribution in [0.5, 0.6) is 0 Å². The highest BCUT2D eigenvalue weighted by atomic mass is 16.4. The molecule has 0 rings (SSSR count). The fourth-order valence-electron chi connectivity index (χ4n) is 3.63. The minimum Gasteiger partial charge on any atom is -0.507 e. The second-order valence-electron chi connectivity index (χ2n) is 8.30. The molecule has 27 heavy (non-hydrogen) atoms. The first kappa shape index (κ1) is 26.0. The van der Waals surface area contributed by atoms with Gasteiger partial charge in [-0.3, -0.25) is 4.79 Å². The average Bonchev–Trinajstić information content (AvgIpc) is 2.63. The molecule has 0 radical (unpaired) electrons. The minimum absolute atomic E-state index is 0.324. The van der Waals surface area contributed by atoms with Crippen molar-refractivity contribution in [3.05, 3.63) is 11.8 Å². The number of hydrogen-bond acceptors (Lipinski definition) is 2. The van der Waals surface area contributed by atoms with Crippen molar-refractivity contribution in [1.29, 1.82) is 0 Å². The summed E-state index contributed by atoms with van der Waals surface area (Å²) >= 11 is 0. The summed E-state index contributed by atoms with van der Waals surface area (Å²) in [5, 5.41) is 19.9. The number of rotatable bonds is 18. The van der Waals surface area contributed by atoms with E-state index >= 15 is 0 Å². The Labute approximate surface area is 168 Å². The molecule has 0 aliphatic carbocycles. The first-order chi connectivity index (χ1) is 12.9. The molecular weight excluding hydrogens is 338 g/mol. The maximum absolute atomic E-state index is 11.3. The molecule has 1 atom stereocenters. The highest BCUT2D eigenvalue weighted by Gasteiger charge is 2.29. The molecular formula is C23H46NO3+. The smallest absolute Gasteiger partial charge is 0.306 e. The van der Waals surface area contributed by atoms with Crippen LogP contribution in [0.4, 0.5) is 0 Å². The van der Waals surface area contributed by atoms with E-state index in [0.29, 0.717) is 18.7 Å². The van der Waals surface area contributed by atoms with E-state index < -0.39 is 5.97 Å². The summed E-state index contributed by atoms with van der Waals surface area (Å²) in [7, 11) is 0. The Morgan fingerprint density at radius 1 is 0.852 bits per heavy atom. The topological polar surface area (TPSA) is 57.5 Å². The highest BCUT2D eigenvalue weighted by molar-refractivity contribution is 5.69. The van der Waals surface area contributed by atoms with Crippen LogP contribution in [0.15, 0.2) is 11.8 Å². The molecule has 0 bridgehead atoms. The maximum atomic E-state index is 11.3. The molecule has 0 saturated heterocycles. The summed E-state index contributed by atoms with van der Waals surface area (Å²) in [4.78, 5) is 11.3. The SMILES string of the molecule is CCCCC/C=C(\O)C[N+](CCCCC)(CCCCC)CCC(C)C(=O)O. The molecule has 0 aromatic heterocycles. The summed E-state index contributed by atoms with van der Waals surface area (Å²) in [5.41, 5.74) is 0. The Kier molecular flexibility index (Phi) is 15.4. The second-order valence-corrected chi connectivity index (χ2v) is 8.30. The number of carbonyl (C=O) groups is 1. The van der Waals surface area contributed by atoms with Crippen molar-refractivity contribution in [3.63, 3.8) is 0 Å². The standard InChI is InChI=1S/C23H45NO3/c1-5-8-11-12-15-22(25)20-24(17-13-9-6-2,18-14-10-7-3)19-16-21(4)23(26)27/h15,21H,5-14,16-20H2,1-4H3,(H-,25,26,27)/p+1/b22-15-. The highest BCUT2D eigenvalue weighted by Crippen LogP contribution is 2.20. The van der Waals surface area contributed by atoms with Crippen molar-refractivity contribution < 1.29 is 19.5 Å². The predicted molar refractivity (Wildman–Crippen MR) is 115 cm³/mol. The number of carboxylic acid groups (broad SMARTS) is 1. The molecule has 0 aromatic carbocycles. The largest absolute Gasteiger partial charge is 0.507 e. The summed E-state index contributed by atoms with van der Waals surface area (Å²) in [6.45, 7) is 12.0. The Morgan fingerprint density at radius 3 is 1.85 bits per heavy atom. The van der Waals surface area contributed by atoms with Gasteiger partial charge in [0.1, 0.15) is 12.3 Å². The van der Waals surface area contributed by atoms with Gasteiger partial charge in [-0.05, 0) is 44.6 Å². The zero-order valence-electron chi connectivity index (χ0n) is 18.5. The lowest BCUT2D eigenvalue weighted by Crippen LogP contribution is -2.52. The van der Waals surface area contributed by atoms with E-state index in [9.17, 15) is 15.0 Å². The molecule has 0 heterocycles. The van der Waals surface area contributed by atoms with Crippen LogP contribution < -0.4 is 0 Å². The summed E-state index contributed by atoms with van der Waals surface area (Å²) in [6, 6.07) is 0. The molecule has 0 fully saturated rings. The van der Waals surface area contributed by atoms with Crippen LogP contribution in [0.3, 0.4) is 0 Å². The van der Waals surface area contributed by atoms with Gasteiger partial charge in [-0.1, -0.05) is 53.4 Å². The van der Waals surface area contributed by atoms with Gasteiger partial charge >= 0.3 is 5.97 Å². The number of aliphatic carboxylic acids is 1. The third-order valence-corrected chi connectivity index (χ3v) is 5.62. The first-order valence-corrected chi connectivity index (χ1v) is 11.4. The van der Waals surface area contributed by atoms with Gasteiger partial charge in [0, 0.05) is 6.42 Å². The quantitative estimate of drug-likeness (QED) is 0.165. The van der Waals surface area contributed by atoms with E-state index in [0.717, 1.165) is 49.8 Å². The van der Waals surface area contributed by atoms with Gasteiger partial charge in [0.05, 0.1) is 25.6 Å². The summed E-state index contributed by atoms with van der Waals surface area (Å²) in [6.07, 6.45) is 14.2. The molecule has 0 aliphatic rings. The van der Waals surface area contributed by atoms with Gasteiger partial charge in [0.25, 0.3) is 0 Å². The lowest BCUT2D eigenvalue weighted by molar-refractivity contribution is -0.926. The summed E-state index contributed by atoms with van der Waals surface area (Å²) < 4.78 is 0.841. The van der Waals surface area contributed by atoms with Crippen molar-refractivity contribution in [1.82, 2.24) is 0 Å². The number of quaternary nitrogens is 1. The molecule has 160 valence electrons. The van der Waals surface area contributed by atoms with Crippen molar-refractivity contribution in [3.8, 4) is 0 Å². The van der Waals surface area contributed by atoms with Crippen LogP contribution in [-0.2, 0) is 4.79 Å². The van der Waals surface area contributed by atoms with E-state index in [1.54, 1.807) is 6.92 Å². The Bertz CT molecular complexity index is 396. The van der Waals surface area contributed by atoms with E-state index in [1.165, 1.54) is 38.5 Å². The number of carboxylic acids is 1. The summed E-state index contributed by atoms with van der Waals surface area (Å²) in [5.74, 6) is -0.535. The molecule has 1 unspecified atom stereocenters. The number of nitrogens with zero attached hydrogens (tertiary/aromatic N) is 1. The second kappa shape index (κ2) is 16.0. The predicted octanol–water partition coefficient (Wildman–Crippen LogP) is 6.32. The van der Waals surface area contributed by atoms with Crippen molar-refractivity contribution >= 4 is 5.97 Å². The minimum atomic E-state index is -0.713. The zero-order valence-corrected chi connectivity index (χ0v) is 18.5.